The largest absolute Gasteiger partial charge is 0.481 e. The van der Waals surface area contributed by atoms with Gasteiger partial charge in [0.2, 0.25) is 0 Å². The number of thiophene rings is 1. The molecule has 2 N–H and O–H groups in total. The number of carbonyl (C=O) groups is 1. The minimum Gasteiger partial charge on any atom is -0.481 e. The highest BCUT2D eigenvalue weighted by Gasteiger charge is 2.10. The second-order valence-corrected chi connectivity index (χ2v) is 6.85. The van der Waals surface area contributed by atoms with Gasteiger partial charge in [0.1, 0.15) is 0 Å². The summed E-state index contributed by atoms with van der Waals surface area (Å²) in [5.41, 5.74) is 0. The van der Waals surface area contributed by atoms with Crippen molar-refractivity contribution in [3.63, 3.8) is 0 Å². The zero-order valence-electron chi connectivity index (χ0n) is 10.3. The first kappa shape index (κ1) is 15.6. The molecule has 0 radical (unpaired) electrons. The van der Waals surface area contributed by atoms with E-state index in [9.17, 15) is 9.90 Å². The quantitative estimate of drug-likeness (QED) is 0.764. The van der Waals surface area contributed by atoms with Crippen LogP contribution >= 0.6 is 27.3 Å². The van der Waals surface area contributed by atoms with E-state index in [1.165, 1.54) is 4.88 Å². The molecule has 1 unspecified atom stereocenters. The van der Waals surface area contributed by atoms with Crippen LogP contribution in [0, 0.1) is 0 Å². The molecule has 0 spiro atoms. The Kier molecular flexibility index (Phi) is 6.85. The summed E-state index contributed by atoms with van der Waals surface area (Å²) in [5, 5.41) is 18.2. The third-order valence-electron chi connectivity index (χ3n) is 2.58. The Labute approximate surface area is 119 Å². The molecule has 0 amide bonds. The van der Waals surface area contributed by atoms with Gasteiger partial charge in [0, 0.05) is 24.4 Å². The first-order valence-corrected chi connectivity index (χ1v) is 7.41. The van der Waals surface area contributed by atoms with Gasteiger partial charge >= 0.3 is 5.97 Å². The summed E-state index contributed by atoms with van der Waals surface area (Å²) >= 11 is 5.14. The highest BCUT2D eigenvalue weighted by atomic mass is 79.9. The molecule has 0 saturated carbocycles. The van der Waals surface area contributed by atoms with Crippen LogP contribution in [0.2, 0.25) is 0 Å². The molecule has 18 heavy (non-hydrogen) atoms. The standard InChI is InChI=1S/C12H18BrNO3S/c1-14(8-9(15)2-5-12(16)17)7-6-10-3-4-11(13)18-10/h3-4,9,15H,2,5-8H2,1H3,(H,16,17). The lowest BCUT2D eigenvalue weighted by Gasteiger charge is -2.19. The number of likely N-dealkylation sites (N-methyl/N-ethyl adjacent to an activating group) is 1. The Morgan fingerprint density at radius 2 is 2.28 bits per heavy atom. The van der Waals surface area contributed by atoms with Gasteiger partial charge in [-0.3, -0.25) is 4.79 Å². The van der Waals surface area contributed by atoms with Gasteiger partial charge < -0.3 is 15.1 Å². The van der Waals surface area contributed by atoms with Crippen LogP contribution in [0.4, 0.5) is 0 Å². The van der Waals surface area contributed by atoms with E-state index in [2.05, 4.69) is 22.0 Å². The number of carboxylic acid groups (broad SMARTS) is 1. The maximum atomic E-state index is 10.4. The number of aliphatic hydroxyl groups is 1. The van der Waals surface area contributed by atoms with Gasteiger partial charge in [-0.1, -0.05) is 0 Å². The predicted octanol–water partition coefficient (Wildman–Crippen LogP) is 2.21. The van der Waals surface area contributed by atoms with Crippen LogP contribution in [0.15, 0.2) is 15.9 Å². The van der Waals surface area contributed by atoms with Gasteiger partial charge in [0.15, 0.2) is 0 Å². The Hall–Kier alpha value is -0.430. The lowest BCUT2D eigenvalue weighted by Crippen LogP contribution is -2.31. The Bertz CT molecular complexity index is 383. The topological polar surface area (TPSA) is 60.8 Å². The molecular formula is C12H18BrNO3S. The number of rotatable bonds is 8. The lowest BCUT2D eigenvalue weighted by molar-refractivity contribution is -0.137. The van der Waals surface area contributed by atoms with Gasteiger partial charge in [-0.05, 0) is 48.0 Å². The number of nitrogens with zero attached hydrogens (tertiary/aromatic N) is 1. The van der Waals surface area contributed by atoms with Crippen molar-refractivity contribution in [2.24, 2.45) is 0 Å². The van der Waals surface area contributed by atoms with E-state index in [1.807, 2.05) is 18.0 Å². The predicted molar refractivity (Wildman–Crippen MR) is 76.1 cm³/mol. The molecule has 0 aliphatic carbocycles. The summed E-state index contributed by atoms with van der Waals surface area (Å²) in [6, 6.07) is 4.12. The van der Waals surface area contributed by atoms with Crippen LogP contribution in [0.1, 0.15) is 17.7 Å². The van der Waals surface area contributed by atoms with E-state index in [-0.39, 0.29) is 6.42 Å². The van der Waals surface area contributed by atoms with E-state index in [4.69, 9.17) is 5.11 Å². The van der Waals surface area contributed by atoms with Crippen LogP contribution in [0.5, 0.6) is 0 Å². The zero-order valence-corrected chi connectivity index (χ0v) is 12.7. The second kappa shape index (κ2) is 7.89. The lowest BCUT2D eigenvalue weighted by atomic mass is 10.2. The summed E-state index contributed by atoms with van der Waals surface area (Å²) in [4.78, 5) is 13.7. The van der Waals surface area contributed by atoms with Crippen molar-refractivity contribution in [1.29, 1.82) is 0 Å². The van der Waals surface area contributed by atoms with Gasteiger partial charge in [0.05, 0.1) is 9.89 Å². The van der Waals surface area contributed by atoms with Gasteiger partial charge in [0.25, 0.3) is 0 Å². The van der Waals surface area contributed by atoms with E-state index in [1.54, 1.807) is 11.3 Å². The van der Waals surface area contributed by atoms with Gasteiger partial charge in [-0.15, -0.1) is 11.3 Å². The Morgan fingerprint density at radius 3 is 2.83 bits per heavy atom. The molecule has 0 bridgehead atoms. The van der Waals surface area contributed by atoms with Crippen molar-refractivity contribution in [2.45, 2.75) is 25.4 Å². The van der Waals surface area contributed by atoms with Gasteiger partial charge in [-0.25, -0.2) is 0 Å². The number of hydrogen-bond acceptors (Lipinski definition) is 4. The molecule has 6 heteroatoms. The molecule has 0 aliphatic rings. The summed E-state index contributed by atoms with van der Waals surface area (Å²) in [5.74, 6) is -0.861. The summed E-state index contributed by atoms with van der Waals surface area (Å²) in [6.45, 7) is 1.37. The molecule has 0 aromatic carbocycles. The number of aliphatic hydroxyl groups excluding tert-OH is 1. The molecule has 1 rings (SSSR count). The Morgan fingerprint density at radius 1 is 1.56 bits per heavy atom. The normalized spacial score (nSPS) is 12.9. The van der Waals surface area contributed by atoms with E-state index in [0.717, 1.165) is 16.8 Å². The molecule has 0 aliphatic heterocycles. The first-order valence-electron chi connectivity index (χ1n) is 5.80. The Balaban J connectivity index is 2.20. The fourth-order valence-corrected chi connectivity index (χ4v) is 3.09. The van der Waals surface area contributed by atoms with Crippen LogP contribution in [-0.4, -0.2) is 47.3 Å². The average molecular weight is 336 g/mol. The van der Waals surface area contributed by atoms with Crippen LogP contribution in [0.3, 0.4) is 0 Å². The SMILES string of the molecule is CN(CCc1ccc(Br)s1)CC(O)CCC(=O)O. The molecule has 1 heterocycles. The fraction of sp³-hybridized carbons (Fsp3) is 0.583. The number of carboxylic acids is 1. The highest BCUT2D eigenvalue weighted by molar-refractivity contribution is 9.11. The average Bonchev–Trinajstić information content (AvgIpc) is 2.70. The van der Waals surface area contributed by atoms with Crippen molar-refractivity contribution in [1.82, 2.24) is 4.90 Å². The number of hydrogen-bond donors (Lipinski definition) is 2. The minimum atomic E-state index is -0.861. The molecular weight excluding hydrogens is 318 g/mol. The summed E-state index contributed by atoms with van der Waals surface area (Å²) < 4.78 is 1.13. The maximum Gasteiger partial charge on any atom is 0.303 e. The molecule has 1 atom stereocenters. The maximum absolute atomic E-state index is 10.4. The van der Waals surface area contributed by atoms with Crippen molar-refractivity contribution in [3.8, 4) is 0 Å². The second-order valence-electron chi connectivity index (χ2n) is 4.30. The molecule has 102 valence electrons. The smallest absolute Gasteiger partial charge is 0.303 e. The van der Waals surface area contributed by atoms with E-state index in [0.29, 0.717) is 13.0 Å². The van der Waals surface area contributed by atoms with Crippen molar-refractivity contribution < 1.29 is 15.0 Å². The molecule has 4 nitrogen and oxygen atoms in total. The zero-order chi connectivity index (χ0) is 13.5. The van der Waals surface area contributed by atoms with Gasteiger partial charge in [-0.2, -0.15) is 0 Å². The molecule has 1 aromatic heterocycles. The first-order chi connectivity index (χ1) is 8.47. The third kappa shape index (κ3) is 6.49. The monoisotopic (exact) mass is 335 g/mol. The third-order valence-corrected chi connectivity index (χ3v) is 4.27. The van der Waals surface area contributed by atoms with E-state index < -0.39 is 12.1 Å². The molecule has 0 fully saturated rings. The highest BCUT2D eigenvalue weighted by Crippen LogP contribution is 2.22. The van der Waals surface area contributed by atoms with Crippen molar-refractivity contribution in [2.75, 3.05) is 20.1 Å². The fourth-order valence-electron chi connectivity index (χ4n) is 1.62. The van der Waals surface area contributed by atoms with E-state index >= 15 is 0 Å². The molecule has 1 aromatic rings. The number of halogens is 1. The molecule has 0 saturated heterocycles. The number of aliphatic carboxylic acids is 1. The summed E-state index contributed by atoms with van der Waals surface area (Å²) in [7, 11) is 1.94. The van der Waals surface area contributed by atoms with Crippen LogP contribution in [-0.2, 0) is 11.2 Å². The van der Waals surface area contributed by atoms with Crippen LogP contribution in [0.25, 0.3) is 0 Å². The van der Waals surface area contributed by atoms with Crippen molar-refractivity contribution >= 4 is 33.2 Å². The van der Waals surface area contributed by atoms with Crippen LogP contribution < -0.4 is 0 Å². The van der Waals surface area contributed by atoms with Crippen molar-refractivity contribution in [3.05, 3.63) is 20.8 Å². The minimum absolute atomic E-state index is 0.0207. The summed E-state index contributed by atoms with van der Waals surface area (Å²) in [6.07, 6.45) is 0.705.